The first kappa shape index (κ1) is 20.3. The highest BCUT2D eigenvalue weighted by atomic mass is 32.1. The van der Waals surface area contributed by atoms with E-state index in [-0.39, 0.29) is 29.7 Å². The van der Waals surface area contributed by atoms with E-state index in [0.29, 0.717) is 23.0 Å². The molecular formula is C39H23N3OS. The van der Waals surface area contributed by atoms with Gasteiger partial charge in [-0.05, 0) is 41.5 Å². The van der Waals surface area contributed by atoms with Crippen LogP contribution >= 0.6 is 11.3 Å². The number of para-hydroxylation sites is 1. The van der Waals surface area contributed by atoms with Crippen LogP contribution in [0.3, 0.4) is 0 Å². The summed E-state index contributed by atoms with van der Waals surface area (Å²) in [5, 5.41) is 3.94. The maximum absolute atomic E-state index is 8.59. The number of nitrogens with zero attached hydrogens (tertiary/aromatic N) is 3. The average Bonchev–Trinajstić information content (AvgIpc) is 3.71. The third kappa shape index (κ3) is 4.09. The molecule has 3 heterocycles. The number of benzene rings is 6. The first-order valence-corrected chi connectivity index (χ1v) is 14.9. The quantitative estimate of drug-likeness (QED) is 0.206. The van der Waals surface area contributed by atoms with E-state index < -0.39 is 6.04 Å². The largest absolute Gasteiger partial charge is 0.456 e. The molecule has 0 spiro atoms. The molecule has 4 nitrogen and oxygen atoms in total. The molecule has 0 aliphatic carbocycles. The van der Waals surface area contributed by atoms with Crippen molar-refractivity contribution in [1.82, 2.24) is 15.0 Å². The molecule has 5 heteroatoms. The fraction of sp³-hybridized carbons (Fsp3) is 0. The van der Waals surface area contributed by atoms with Crippen molar-refractivity contribution in [3.63, 3.8) is 0 Å². The van der Waals surface area contributed by atoms with Crippen molar-refractivity contribution < 1.29 is 11.3 Å². The topological polar surface area (TPSA) is 51.8 Å². The molecule has 9 aromatic rings. The van der Waals surface area contributed by atoms with E-state index in [9.17, 15) is 0 Å². The lowest BCUT2D eigenvalue weighted by Crippen LogP contribution is -2.00. The van der Waals surface area contributed by atoms with E-state index in [1.54, 1.807) is 0 Å². The van der Waals surface area contributed by atoms with Crippen LogP contribution in [0, 0.1) is 0 Å². The molecule has 0 radical (unpaired) electrons. The molecule has 206 valence electrons. The summed E-state index contributed by atoms with van der Waals surface area (Å²) in [6.45, 7) is 0. The Morgan fingerprint density at radius 1 is 0.500 bits per heavy atom. The first-order chi connectivity index (χ1) is 23.9. The lowest BCUT2D eigenvalue weighted by molar-refractivity contribution is 0.669. The lowest BCUT2D eigenvalue weighted by atomic mass is 10.0. The molecule has 6 aromatic carbocycles. The van der Waals surface area contributed by atoms with Crippen LogP contribution in [-0.2, 0) is 0 Å². The maximum atomic E-state index is 8.59. The number of furan rings is 1. The van der Waals surface area contributed by atoms with Gasteiger partial charge in [-0.25, -0.2) is 15.0 Å². The molecule has 0 aliphatic rings. The summed E-state index contributed by atoms with van der Waals surface area (Å²) in [6, 6.07) is 34.0. The van der Waals surface area contributed by atoms with Gasteiger partial charge in [0.25, 0.3) is 0 Å². The molecular weight excluding hydrogens is 559 g/mol. The van der Waals surface area contributed by atoms with Gasteiger partial charge in [-0.3, -0.25) is 0 Å². The molecule has 0 amide bonds. The monoisotopic (exact) mass is 586 g/mol. The molecule has 0 unspecified atom stereocenters. The molecule has 0 saturated carbocycles. The second-order valence-electron chi connectivity index (χ2n) is 10.5. The average molecular weight is 587 g/mol. The molecule has 3 aromatic heterocycles. The van der Waals surface area contributed by atoms with Crippen LogP contribution < -0.4 is 0 Å². The molecule has 44 heavy (non-hydrogen) atoms. The summed E-state index contributed by atoms with van der Waals surface area (Å²) in [5.41, 5.74) is 4.93. The Hall–Kier alpha value is -5.65. The molecule has 0 aliphatic heterocycles. The summed E-state index contributed by atoms with van der Waals surface area (Å²) in [4.78, 5) is 14.8. The van der Waals surface area contributed by atoms with Crippen molar-refractivity contribution in [2.75, 3.05) is 0 Å². The summed E-state index contributed by atoms with van der Waals surface area (Å²) in [6.07, 6.45) is 0. The van der Waals surface area contributed by atoms with E-state index in [1.165, 1.54) is 11.3 Å². The third-order valence-electron chi connectivity index (χ3n) is 7.83. The van der Waals surface area contributed by atoms with E-state index in [0.717, 1.165) is 58.8 Å². The van der Waals surface area contributed by atoms with Crippen LogP contribution in [0.15, 0.2) is 144 Å². The van der Waals surface area contributed by atoms with Gasteiger partial charge in [0, 0.05) is 47.6 Å². The van der Waals surface area contributed by atoms with Crippen LogP contribution in [-0.4, -0.2) is 15.0 Å². The van der Waals surface area contributed by atoms with E-state index in [2.05, 4.69) is 6.07 Å². The standard InChI is InChI=1S/C39H23N3OS/c1-3-10-24(11-4-1)28-15-9-16-31-30-20-18-27(23-35(30)44-36(28)31)39-41-37(25-12-5-2-6-13-25)40-38(42-39)26-19-21-34-32(22-26)29-14-7-8-17-33(29)43-34/h1-23H/i1D,3D,4D,10D,11D. The van der Waals surface area contributed by atoms with Gasteiger partial charge in [0.05, 0.1) is 6.85 Å². The zero-order valence-electron chi connectivity index (χ0n) is 28.1. The summed E-state index contributed by atoms with van der Waals surface area (Å²) < 4.78 is 49.5. The highest BCUT2D eigenvalue weighted by Crippen LogP contribution is 2.41. The zero-order chi connectivity index (χ0) is 33.4. The van der Waals surface area contributed by atoms with E-state index in [4.69, 9.17) is 26.2 Å². The van der Waals surface area contributed by atoms with Gasteiger partial charge >= 0.3 is 0 Å². The van der Waals surface area contributed by atoms with Gasteiger partial charge in [-0.1, -0.05) is 109 Å². The number of rotatable bonds is 4. The first-order valence-electron chi connectivity index (χ1n) is 16.6. The highest BCUT2D eigenvalue weighted by Gasteiger charge is 2.16. The summed E-state index contributed by atoms with van der Waals surface area (Å²) in [5.74, 6) is 1.61. The minimum atomic E-state index is -0.406. The third-order valence-corrected chi connectivity index (χ3v) is 9.03. The van der Waals surface area contributed by atoms with Gasteiger partial charge in [-0.2, -0.15) is 0 Å². The van der Waals surface area contributed by atoms with Crippen LogP contribution in [0.4, 0.5) is 0 Å². The van der Waals surface area contributed by atoms with Crippen molar-refractivity contribution in [3.05, 3.63) is 139 Å². The molecule has 0 bridgehead atoms. The second-order valence-corrected chi connectivity index (χ2v) is 11.5. The Kier molecular flexibility index (Phi) is 4.60. The lowest BCUT2D eigenvalue weighted by Gasteiger charge is -2.08. The fourth-order valence-corrected chi connectivity index (χ4v) is 7.00. The number of aromatic nitrogens is 3. The fourth-order valence-electron chi connectivity index (χ4n) is 5.73. The Bertz CT molecular complexity index is 2770. The van der Waals surface area contributed by atoms with Crippen molar-refractivity contribution in [3.8, 4) is 45.3 Å². The van der Waals surface area contributed by atoms with Crippen molar-refractivity contribution in [2.24, 2.45) is 0 Å². The van der Waals surface area contributed by atoms with Gasteiger partial charge in [-0.15, -0.1) is 11.3 Å². The number of hydrogen-bond acceptors (Lipinski definition) is 5. The maximum Gasteiger partial charge on any atom is 0.164 e. The van der Waals surface area contributed by atoms with Gasteiger partial charge in [0.2, 0.25) is 0 Å². The number of thiophene rings is 1. The highest BCUT2D eigenvalue weighted by molar-refractivity contribution is 7.26. The zero-order valence-corrected chi connectivity index (χ0v) is 23.9. The Morgan fingerprint density at radius 3 is 2.02 bits per heavy atom. The summed E-state index contributed by atoms with van der Waals surface area (Å²) >= 11 is 1.51. The van der Waals surface area contributed by atoms with Gasteiger partial charge in [0.15, 0.2) is 17.5 Å². The molecule has 0 saturated heterocycles. The van der Waals surface area contributed by atoms with Crippen LogP contribution in [0.2, 0.25) is 0 Å². The van der Waals surface area contributed by atoms with E-state index in [1.807, 2.05) is 103 Å². The van der Waals surface area contributed by atoms with Crippen LogP contribution in [0.25, 0.3) is 87.4 Å². The number of fused-ring (bicyclic) bond motifs is 6. The van der Waals surface area contributed by atoms with Gasteiger partial charge < -0.3 is 4.42 Å². The second kappa shape index (κ2) is 9.97. The minimum Gasteiger partial charge on any atom is -0.456 e. The summed E-state index contributed by atoms with van der Waals surface area (Å²) in [7, 11) is 0. The molecule has 0 atom stereocenters. The normalized spacial score (nSPS) is 13.2. The smallest absolute Gasteiger partial charge is 0.164 e. The van der Waals surface area contributed by atoms with Crippen molar-refractivity contribution in [2.45, 2.75) is 0 Å². The Balaban J connectivity index is 1.22. The Labute approximate surface area is 264 Å². The van der Waals surface area contributed by atoms with E-state index >= 15 is 0 Å². The minimum absolute atomic E-state index is 0.195. The molecule has 9 rings (SSSR count). The predicted molar refractivity (Wildman–Crippen MR) is 182 cm³/mol. The number of hydrogen-bond donors (Lipinski definition) is 0. The molecule has 0 N–H and O–H groups in total. The SMILES string of the molecule is [2H]c1c([2H])c([2H])c(-c2cccc3c2sc2cc(-c4nc(-c5ccccc5)nc(-c5ccc6oc7ccccc7c6c5)n4)ccc23)c([2H])c1[2H]. The van der Waals surface area contributed by atoms with Crippen molar-refractivity contribution in [1.29, 1.82) is 0 Å². The van der Waals surface area contributed by atoms with Crippen LogP contribution in [0.5, 0.6) is 0 Å². The van der Waals surface area contributed by atoms with Crippen molar-refractivity contribution >= 4 is 53.4 Å². The Morgan fingerprint density at radius 2 is 1.18 bits per heavy atom. The van der Waals surface area contributed by atoms with Gasteiger partial charge in [0.1, 0.15) is 11.2 Å². The predicted octanol–water partition coefficient (Wildman–Crippen LogP) is 10.8. The molecule has 0 fully saturated rings. The van der Waals surface area contributed by atoms with Crippen LogP contribution in [0.1, 0.15) is 6.85 Å².